The van der Waals surface area contributed by atoms with Gasteiger partial charge in [0.2, 0.25) is 0 Å². The van der Waals surface area contributed by atoms with Crippen LogP contribution in [0.1, 0.15) is 12.5 Å². The molecule has 0 aromatic heterocycles. The lowest BCUT2D eigenvalue weighted by Crippen LogP contribution is -2.08. The molecule has 0 N–H and O–H groups in total. The Kier molecular flexibility index (Phi) is 2.00. The Balaban J connectivity index is 2.11. The molecule has 1 fully saturated rings. The van der Waals surface area contributed by atoms with Crippen LogP contribution in [0.5, 0.6) is 5.75 Å². The van der Waals surface area contributed by atoms with E-state index in [2.05, 4.69) is 19.1 Å². The largest absolute Gasteiger partial charge is 0.497 e. The molecular weight excluding hydrogens is 164 g/mol. The molecule has 0 saturated carbocycles. The SMILES string of the molecule is COc1cccc(CC2(C)CO2)c1. The van der Waals surface area contributed by atoms with E-state index in [0.29, 0.717) is 0 Å². The van der Waals surface area contributed by atoms with Crippen molar-refractivity contribution in [2.45, 2.75) is 18.9 Å². The molecule has 0 amide bonds. The van der Waals surface area contributed by atoms with E-state index in [4.69, 9.17) is 9.47 Å². The topological polar surface area (TPSA) is 21.8 Å². The molecule has 1 atom stereocenters. The third kappa shape index (κ3) is 2.01. The molecular formula is C11H14O2. The summed E-state index contributed by atoms with van der Waals surface area (Å²) in [6.07, 6.45) is 0.976. The van der Waals surface area contributed by atoms with Crippen molar-refractivity contribution in [1.82, 2.24) is 0 Å². The van der Waals surface area contributed by atoms with Crippen molar-refractivity contribution in [3.05, 3.63) is 29.8 Å². The Labute approximate surface area is 78.5 Å². The highest BCUT2D eigenvalue weighted by atomic mass is 16.6. The monoisotopic (exact) mass is 178 g/mol. The van der Waals surface area contributed by atoms with E-state index in [0.717, 1.165) is 18.8 Å². The van der Waals surface area contributed by atoms with Crippen LogP contribution in [-0.2, 0) is 11.2 Å². The molecule has 0 radical (unpaired) electrons. The maximum absolute atomic E-state index is 5.33. The Morgan fingerprint density at radius 3 is 2.92 bits per heavy atom. The molecule has 1 saturated heterocycles. The predicted octanol–water partition coefficient (Wildman–Crippen LogP) is 2.03. The van der Waals surface area contributed by atoms with Gasteiger partial charge in [-0.25, -0.2) is 0 Å². The summed E-state index contributed by atoms with van der Waals surface area (Å²) in [4.78, 5) is 0. The number of rotatable bonds is 3. The zero-order valence-corrected chi connectivity index (χ0v) is 8.04. The highest BCUT2D eigenvalue weighted by molar-refractivity contribution is 5.29. The van der Waals surface area contributed by atoms with Gasteiger partial charge in [-0.05, 0) is 24.6 Å². The smallest absolute Gasteiger partial charge is 0.119 e. The summed E-state index contributed by atoms with van der Waals surface area (Å²) < 4.78 is 10.5. The Hall–Kier alpha value is -1.02. The van der Waals surface area contributed by atoms with Crippen LogP contribution in [0, 0.1) is 0 Å². The van der Waals surface area contributed by atoms with Gasteiger partial charge in [-0.2, -0.15) is 0 Å². The summed E-state index contributed by atoms with van der Waals surface area (Å²) in [5, 5.41) is 0. The summed E-state index contributed by atoms with van der Waals surface area (Å²) in [6, 6.07) is 8.14. The van der Waals surface area contributed by atoms with Crippen LogP contribution in [0.4, 0.5) is 0 Å². The fraction of sp³-hybridized carbons (Fsp3) is 0.455. The maximum atomic E-state index is 5.33. The number of hydrogen-bond donors (Lipinski definition) is 0. The highest BCUT2D eigenvalue weighted by Gasteiger charge is 2.38. The van der Waals surface area contributed by atoms with Crippen molar-refractivity contribution in [1.29, 1.82) is 0 Å². The van der Waals surface area contributed by atoms with Crippen LogP contribution in [-0.4, -0.2) is 19.3 Å². The van der Waals surface area contributed by atoms with E-state index in [9.17, 15) is 0 Å². The Morgan fingerprint density at radius 1 is 1.54 bits per heavy atom. The lowest BCUT2D eigenvalue weighted by atomic mass is 10.0. The van der Waals surface area contributed by atoms with E-state index in [-0.39, 0.29) is 5.60 Å². The van der Waals surface area contributed by atoms with E-state index in [1.54, 1.807) is 7.11 Å². The summed E-state index contributed by atoms with van der Waals surface area (Å²) in [5.41, 5.74) is 1.37. The molecule has 0 aliphatic carbocycles. The van der Waals surface area contributed by atoms with Gasteiger partial charge in [0.25, 0.3) is 0 Å². The van der Waals surface area contributed by atoms with Crippen LogP contribution in [0.2, 0.25) is 0 Å². The van der Waals surface area contributed by atoms with Crippen molar-refractivity contribution in [3.8, 4) is 5.75 Å². The first-order valence-corrected chi connectivity index (χ1v) is 4.49. The van der Waals surface area contributed by atoms with Gasteiger partial charge in [-0.15, -0.1) is 0 Å². The molecule has 1 unspecified atom stereocenters. The van der Waals surface area contributed by atoms with Crippen LogP contribution in [0.25, 0.3) is 0 Å². The average Bonchev–Trinajstić information content (AvgIpc) is 2.84. The Bertz CT molecular complexity index is 303. The number of benzene rings is 1. The van der Waals surface area contributed by atoms with Gasteiger partial charge in [0.15, 0.2) is 0 Å². The molecule has 2 heteroatoms. The van der Waals surface area contributed by atoms with E-state index >= 15 is 0 Å². The third-order valence-electron chi connectivity index (χ3n) is 2.35. The molecule has 1 aromatic carbocycles. The van der Waals surface area contributed by atoms with Gasteiger partial charge in [0.1, 0.15) is 5.75 Å². The first kappa shape index (κ1) is 8.57. The fourth-order valence-electron chi connectivity index (χ4n) is 1.44. The summed E-state index contributed by atoms with van der Waals surface area (Å²) >= 11 is 0. The fourth-order valence-corrected chi connectivity index (χ4v) is 1.44. The second-order valence-corrected chi connectivity index (χ2v) is 3.77. The summed E-state index contributed by atoms with van der Waals surface area (Å²) in [6.45, 7) is 3.01. The van der Waals surface area contributed by atoms with Gasteiger partial charge >= 0.3 is 0 Å². The summed E-state index contributed by atoms with van der Waals surface area (Å²) in [7, 11) is 1.69. The van der Waals surface area contributed by atoms with Crippen molar-refractivity contribution in [2.24, 2.45) is 0 Å². The minimum Gasteiger partial charge on any atom is -0.497 e. The minimum absolute atomic E-state index is 0.0896. The van der Waals surface area contributed by atoms with Crippen molar-refractivity contribution in [3.63, 3.8) is 0 Å². The maximum Gasteiger partial charge on any atom is 0.119 e. The molecule has 1 aliphatic rings. The molecule has 0 spiro atoms. The second kappa shape index (κ2) is 3.04. The van der Waals surface area contributed by atoms with E-state index in [1.807, 2.05) is 12.1 Å². The lowest BCUT2D eigenvalue weighted by Gasteiger charge is -2.06. The highest BCUT2D eigenvalue weighted by Crippen LogP contribution is 2.30. The zero-order chi connectivity index (χ0) is 9.31. The molecule has 1 heterocycles. The molecule has 2 nitrogen and oxygen atoms in total. The number of hydrogen-bond acceptors (Lipinski definition) is 2. The van der Waals surface area contributed by atoms with Gasteiger partial charge in [0, 0.05) is 6.42 Å². The van der Waals surface area contributed by atoms with Crippen LogP contribution in [0.15, 0.2) is 24.3 Å². The molecule has 13 heavy (non-hydrogen) atoms. The molecule has 0 bridgehead atoms. The normalized spacial score (nSPS) is 25.7. The minimum atomic E-state index is 0.0896. The quantitative estimate of drug-likeness (QED) is 0.660. The van der Waals surface area contributed by atoms with Gasteiger partial charge < -0.3 is 9.47 Å². The number of ether oxygens (including phenoxy) is 2. The predicted molar refractivity (Wildman–Crippen MR) is 51.1 cm³/mol. The van der Waals surface area contributed by atoms with Gasteiger partial charge in [-0.3, -0.25) is 0 Å². The third-order valence-corrected chi connectivity index (χ3v) is 2.35. The standard InChI is InChI=1S/C11H14O2/c1-11(8-13-11)7-9-4-3-5-10(6-9)12-2/h3-6H,7-8H2,1-2H3. The average molecular weight is 178 g/mol. The molecule has 1 aliphatic heterocycles. The van der Waals surface area contributed by atoms with E-state index < -0.39 is 0 Å². The van der Waals surface area contributed by atoms with Crippen molar-refractivity contribution in [2.75, 3.05) is 13.7 Å². The van der Waals surface area contributed by atoms with Crippen LogP contribution < -0.4 is 4.74 Å². The molecule has 70 valence electrons. The Morgan fingerprint density at radius 2 is 2.31 bits per heavy atom. The first-order chi connectivity index (χ1) is 6.22. The summed E-state index contributed by atoms with van der Waals surface area (Å²) in [5.74, 6) is 0.918. The molecule has 1 aromatic rings. The lowest BCUT2D eigenvalue weighted by molar-refractivity contribution is 0.322. The number of epoxide rings is 1. The van der Waals surface area contributed by atoms with Gasteiger partial charge in [-0.1, -0.05) is 12.1 Å². The van der Waals surface area contributed by atoms with Crippen molar-refractivity contribution >= 4 is 0 Å². The van der Waals surface area contributed by atoms with E-state index in [1.165, 1.54) is 5.56 Å². The molecule has 2 rings (SSSR count). The van der Waals surface area contributed by atoms with Crippen molar-refractivity contribution < 1.29 is 9.47 Å². The van der Waals surface area contributed by atoms with Crippen LogP contribution >= 0.6 is 0 Å². The second-order valence-electron chi connectivity index (χ2n) is 3.77. The number of methoxy groups -OCH3 is 1. The first-order valence-electron chi connectivity index (χ1n) is 4.49. The van der Waals surface area contributed by atoms with Gasteiger partial charge in [0.05, 0.1) is 19.3 Å². The zero-order valence-electron chi connectivity index (χ0n) is 8.04. The van der Waals surface area contributed by atoms with Crippen LogP contribution in [0.3, 0.4) is 0 Å².